The number of carbonyl (C=O) groups excluding carboxylic acids is 1. The lowest BCUT2D eigenvalue weighted by Crippen LogP contribution is -2.36. The molecule has 0 unspecified atom stereocenters. The van der Waals surface area contributed by atoms with Crippen molar-refractivity contribution in [2.45, 2.75) is 12.8 Å². The zero-order valence-corrected chi connectivity index (χ0v) is 9.95. The Morgan fingerprint density at radius 2 is 2.44 bits per heavy atom. The molecule has 0 aromatic carbocycles. The Hall–Kier alpha value is -0.650. The van der Waals surface area contributed by atoms with E-state index in [9.17, 15) is 4.79 Å². The molecule has 1 amide bonds. The Balaban J connectivity index is 2.06. The first-order valence-corrected chi connectivity index (χ1v) is 5.85. The summed E-state index contributed by atoms with van der Waals surface area (Å²) in [5, 5.41) is 11.8. The molecular formula is C11H22N2O3. The molecule has 1 aliphatic rings. The highest BCUT2D eigenvalue weighted by Crippen LogP contribution is 2.14. The number of rotatable bonds is 7. The van der Waals surface area contributed by atoms with Crippen LogP contribution in [0, 0.1) is 5.92 Å². The topological polar surface area (TPSA) is 61.8 Å². The van der Waals surface area contributed by atoms with Crippen LogP contribution in [-0.2, 0) is 9.53 Å². The number of methoxy groups -OCH3 is 1. The summed E-state index contributed by atoms with van der Waals surface area (Å²) in [5.74, 6) is 0.413. The number of likely N-dealkylation sites (tertiary alicyclic amines) is 1. The van der Waals surface area contributed by atoms with Crippen molar-refractivity contribution in [2.24, 2.45) is 5.92 Å². The highest BCUT2D eigenvalue weighted by atomic mass is 16.5. The predicted molar refractivity (Wildman–Crippen MR) is 61.1 cm³/mol. The van der Waals surface area contributed by atoms with E-state index in [1.165, 1.54) is 0 Å². The van der Waals surface area contributed by atoms with E-state index < -0.39 is 0 Å². The van der Waals surface area contributed by atoms with Crippen LogP contribution in [0.25, 0.3) is 0 Å². The van der Waals surface area contributed by atoms with Crippen LogP contribution in [0.15, 0.2) is 0 Å². The Kier molecular flexibility index (Phi) is 6.37. The van der Waals surface area contributed by atoms with Gasteiger partial charge in [0.1, 0.15) is 0 Å². The van der Waals surface area contributed by atoms with Crippen molar-refractivity contribution in [1.29, 1.82) is 0 Å². The van der Waals surface area contributed by atoms with Gasteiger partial charge in [-0.1, -0.05) is 0 Å². The number of ether oxygens (including phenoxy) is 1. The number of nitrogens with one attached hydrogen (secondary N) is 1. The smallest absolute Gasteiger partial charge is 0.234 e. The fraction of sp³-hybridized carbons (Fsp3) is 0.909. The molecule has 1 heterocycles. The third-order valence-electron chi connectivity index (χ3n) is 2.84. The van der Waals surface area contributed by atoms with E-state index in [-0.39, 0.29) is 12.5 Å². The van der Waals surface area contributed by atoms with Gasteiger partial charge in [0.05, 0.1) is 6.54 Å². The number of aliphatic hydroxyl groups is 1. The molecule has 1 fully saturated rings. The third kappa shape index (κ3) is 4.92. The molecular weight excluding hydrogens is 208 g/mol. The van der Waals surface area contributed by atoms with Gasteiger partial charge in [-0.15, -0.1) is 0 Å². The summed E-state index contributed by atoms with van der Waals surface area (Å²) in [6, 6.07) is 0. The van der Waals surface area contributed by atoms with Crippen molar-refractivity contribution < 1.29 is 14.6 Å². The van der Waals surface area contributed by atoms with Gasteiger partial charge in [-0.3, -0.25) is 9.69 Å². The van der Waals surface area contributed by atoms with Crippen molar-refractivity contribution in [3.63, 3.8) is 0 Å². The quantitative estimate of drug-likeness (QED) is 0.576. The molecule has 5 nitrogen and oxygen atoms in total. The monoisotopic (exact) mass is 230 g/mol. The molecule has 5 heteroatoms. The van der Waals surface area contributed by atoms with Crippen LogP contribution in [-0.4, -0.2) is 62.4 Å². The van der Waals surface area contributed by atoms with Crippen LogP contribution in [0.5, 0.6) is 0 Å². The molecule has 0 aromatic rings. The van der Waals surface area contributed by atoms with Crippen LogP contribution < -0.4 is 5.32 Å². The minimum atomic E-state index is 0.0645. The first kappa shape index (κ1) is 13.4. The van der Waals surface area contributed by atoms with Crippen LogP contribution >= 0.6 is 0 Å². The third-order valence-corrected chi connectivity index (χ3v) is 2.84. The van der Waals surface area contributed by atoms with Crippen molar-refractivity contribution in [3.05, 3.63) is 0 Å². The minimum absolute atomic E-state index is 0.0645. The molecule has 0 saturated carbocycles. The van der Waals surface area contributed by atoms with E-state index in [1.54, 1.807) is 7.11 Å². The first-order chi connectivity index (χ1) is 7.76. The van der Waals surface area contributed by atoms with Gasteiger partial charge < -0.3 is 15.2 Å². The molecule has 1 atom stereocenters. The van der Waals surface area contributed by atoms with Gasteiger partial charge in [0, 0.05) is 33.4 Å². The summed E-state index contributed by atoms with van der Waals surface area (Å²) in [5.41, 5.74) is 0. The normalized spacial score (nSPS) is 21.2. The second-order valence-electron chi connectivity index (χ2n) is 4.27. The van der Waals surface area contributed by atoms with E-state index in [4.69, 9.17) is 9.84 Å². The maximum atomic E-state index is 11.5. The lowest BCUT2D eigenvalue weighted by molar-refractivity contribution is -0.122. The molecule has 16 heavy (non-hydrogen) atoms. The SMILES string of the molecule is COCCCNC(=O)CN1CC[C@H](CO)C1. The maximum Gasteiger partial charge on any atom is 0.234 e. The number of nitrogens with zero attached hydrogens (tertiary/aromatic N) is 1. The number of aliphatic hydroxyl groups excluding tert-OH is 1. The van der Waals surface area contributed by atoms with E-state index in [1.807, 2.05) is 0 Å². The summed E-state index contributed by atoms with van der Waals surface area (Å²) in [6.45, 7) is 3.77. The van der Waals surface area contributed by atoms with Gasteiger partial charge in [-0.2, -0.15) is 0 Å². The molecule has 1 aliphatic heterocycles. The zero-order valence-electron chi connectivity index (χ0n) is 9.95. The average molecular weight is 230 g/mol. The highest BCUT2D eigenvalue weighted by Gasteiger charge is 2.22. The molecule has 0 aromatic heterocycles. The summed E-state index contributed by atoms with van der Waals surface area (Å²) in [4.78, 5) is 13.6. The standard InChI is InChI=1S/C11H22N2O3/c1-16-6-2-4-12-11(15)8-13-5-3-10(7-13)9-14/h10,14H,2-9H2,1H3,(H,12,15)/t10-/m0/s1. The zero-order chi connectivity index (χ0) is 11.8. The fourth-order valence-corrected chi connectivity index (χ4v) is 1.91. The second kappa shape index (κ2) is 7.60. The Labute approximate surface area is 96.8 Å². The van der Waals surface area contributed by atoms with Gasteiger partial charge in [0.2, 0.25) is 5.91 Å². The highest BCUT2D eigenvalue weighted by molar-refractivity contribution is 5.77. The summed E-state index contributed by atoms with van der Waals surface area (Å²) in [7, 11) is 1.65. The average Bonchev–Trinajstić information content (AvgIpc) is 2.72. The van der Waals surface area contributed by atoms with Crippen LogP contribution in [0.2, 0.25) is 0 Å². The number of carbonyl (C=O) groups is 1. The second-order valence-corrected chi connectivity index (χ2v) is 4.27. The van der Waals surface area contributed by atoms with E-state index in [2.05, 4.69) is 10.2 Å². The number of hydrogen-bond acceptors (Lipinski definition) is 4. The molecule has 1 saturated heterocycles. The van der Waals surface area contributed by atoms with E-state index >= 15 is 0 Å². The van der Waals surface area contributed by atoms with E-state index in [0.717, 1.165) is 25.9 Å². The van der Waals surface area contributed by atoms with Gasteiger partial charge in [0.15, 0.2) is 0 Å². The first-order valence-electron chi connectivity index (χ1n) is 5.85. The predicted octanol–water partition coefficient (Wildman–Crippen LogP) is -0.547. The lowest BCUT2D eigenvalue weighted by atomic mass is 10.1. The molecule has 0 spiro atoms. The number of amides is 1. The molecule has 2 N–H and O–H groups in total. The molecule has 0 bridgehead atoms. The van der Waals surface area contributed by atoms with Crippen molar-refractivity contribution in [2.75, 3.05) is 46.5 Å². The molecule has 1 rings (SSSR count). The van der Waals surface area contributed by atoms with Crippen LogP contribution in [0.3, 0.4) is 0 Å². The largest absolute Gasteiger partial charge is 0.396 e. The summed E-state index contributed by atoms with van der Waals surface area (Å²) < 4.78 is 4.90. The Morgan fingerprint density at radius 3 is 3.06 bits per heavy atom. The van der Waals surface area contributed by atoms with Gasteiger partial charge >= 0.3 is 0 Å². The van der Waals surface area contributed by atoms with Gasteiger partial charge in [-0.25, -0.2) is 0 Å². The Bertz CT molecular complexity index is 211. The van der Waals surface area contributed by atoms with Crippen molar-refractivity contribution in [1.82, 2.24) is 10.2 Å². The lowest BCUT2D eigenvalue weighted by Gasteiger charge is -2.14. The molecule has 0 aliphatic carbocycles. The van der Waals surface area contributed by atoms with Gasteiger partial charge in [0.25, 0.3) is 0 Å². The molecule has 94 valence electrons. The summed E-state index contributed by atoms with van der Waals surface area (Å²) in [6.07, 6.45) is 1.84. The Morgan fingerprint density at radius 1 is 1.62 bits per heavy atom. The van der Waals surface area contributed by atoms with E-state index in [0.29, 0.717) is 25.6 Å². The summed E-state index contributed by atoms with van der Waals surface area (Å²) >= 11 is 0. The number of hydrogen-bond donors (Lipinski definition) is 2. The van der Waals surface area contributed by atoms with Crippen LogP contribution in [0.1, 0.15) is 12.8 Å². The molecule has 0 radical (unpaired) electrons. The minimum Gasteiger partial charge on any atom is -0.396 e. The fourth-order valence-electron chi connectivity index (χ4n) is 1.91. The van der Waals surface area contributed by atoms with Crippen LogP contribution in [0.4, 0.5) is 0 Å². The maximum absolute atomic E-state index is 11.5. The van der Waals surface area contributed by atoms with Gasteiger partial charge in [-0.05, 0) is 25.3 Å². The van der Waals surface area contributed by atoms with Crippen molar-refractivity contribution in [3.8, 4) is 0 Å². The van der Waals surface area contributed by atoms with Crippen molar-refractivity contribution >= 4 is 5.91 Å².